The molecule has 112 valence electrons. The van der Waals surface area contributed by atoms with Gasteiger partial charge >= 0.3 is 0 Å². The average molecular weight is 482 g/mol. The van der Waals surface area contributed by atoms with Gasteiger partial charge in [-0.3, -0.25) is 14.5 Å². The highest BCUT2D eigenvalue weighted by Crippen LogP contribution is 2.37. The Kier molecular flexibility index (Phi) is 5.37. The van der Waals surface area contributed by atoms with Crippen LogP contribution in [0.4, 0.5) is 4.79 Å². The summed E-state index contributed by atoms with van der Waals surface area (Å²) in [6.07, 6.45) is 2.28. The molecule has 7 heteroatoms. The summed E-state index contributed by atoms with van der Waals surface area (Å²) in [6.45, 7) is 3.78. The summed E-state index contributed by atoms with van der Waals surface area (Å²) in [4.78, 5) is 25.9. The Labute approximate surface area is 149 Å². The minimum Gasteiger partial charge on any atom is -0.506 e. The Hall–Kier alpha value is -0.540. The van der Waals surface area contributed by atoms with Gasteiger partial charge in [0, 0.05) is 16.1 Å². The molecule has 0 unspecified atom stereocenters. The van der Waals surface area contributed by atoms with Gasteiger partial charge in [-0.25, -0.2) is 0 Å². The Bertz CT molecular complexity index is 647. The minimum absolute atomic E-state index is 0.106. The van der Waals surface area contributed by atoms with E-state index in [1.807, 2.05) is 36.4 Å². The summed E-state index contributed by atoms with van der Waals surface area (Å²) in [5.74, 6) is -0.192. The van der Waals surface area contributed by atoms with Crippen LogP contribution in [0.25, 0.3) is 6.08 Å². The first-order chi connectivity index (χ1) is 9.85. The maximum atomic E-state index is 12.3. The van der Waals surface area contributed by atoms with Gasteiger partial charge in [0.05, 0.1) is 8.48 Å². The van der Waals surface area contributed by atoms with Crippen LogP contribution in [0.15, 0.2) is 21.5 Å². The van der Waals surface area contributed by atoms with E-state index < -0.39 is 0 Å². The van der Waals surface area contributed by atoms with E-state index in [2.05, 4.69) is 15.9 Å². The van der Waals surface area contributed by atoms with Crippen molar-refractivity contribution < 1.29 is 14.7 Å². The molecule has 0 spiro atoms. The zero-order valence-corrected chi connectivity index (χ0v) is 16.0. The number of halogens is 2. The Balaban J connectivity index is 2.40. The molecule has 0 saturated carbocycles. The number of thioether (sulfide) groups is 1. The lowest BCUT2D eigenvalue weighted by atomic mass is 10.1. The predicted octanol–water partition coefficient (Wildman–Crippen LogP) is 4.59. The molecule has 2 amide bonds. The quantitative estimate of drug-likeness (QED) is 0.506. The van der Waals surface area contributed by atoms with Crippen molar-refractivity contribution in [2.75, 3.05) is 0 Å². The number of carbonyl (C=O) groups is 2. The molecule has 1 heterocycles. The average Bonchev–Trinajstić information content (AvgIpc) is 2.69. The summed E-state index contributed by atoms with van der Waals surface area (Å²) in [5.41, 5.74) is 0.517. The van der Waals surface area contributed by atoms with Crippen LogP contribution in [0.3, 0.4) is 0 Å². The highest BCUT2D eigenvalue weighted by Gasteiger charge is 2.37. The van der Waals surface area contributed by atoms with Crippen LogP contribution < -0.4 is 0 Å². The number of imide groups is 1. The molecule has 1 aromatic rings. The highest BCUT2D eigenvalue weighted by molar-refractivity contribution is 14.1. The number of hydrogen-bond donors (Lipinski definition) is 1. The SMILES string of the molecule is CC[C@@H](C)N1C(=O)S/C(=C\c2cc(Br)cc(I)c2O)C1=O. The van der Waals surface area contributed by atoms with Gasteiger partial charge in [0.2, 0.25) is 0 Å². The third-order valence-corrected chi connectivity index (χ3v) is 5.36. The molecule has 0 radical (unpaired) electrons. The molecule has 0 bridgehead atoms. The fraction of sp³-hybridized carbons (Fsp3) is 0.286. The molecule has 1 aliphatic rings. The Morgan fingerprint density at radius 1 is 1.48 bits per heavy atom. The van der Waals surface area contributed by atoms with Gasteiger partial charge in [0.1, 0.15) is 5.75 Å². The highest BCUT2D eigenvalue weighted by atomic mass is 127. The van der Waals surface area contributed by atoms with E-state index in [-0.39, 0.29) is 22.9 Å². The van der Waals surface area contributed by atoms with Crippen molar-refractivity contribution in [1.82, 2.24) is 4.90 Å². The lowest BCUT2D eigenvalue weighted by Crippen LogP contribution is -2.36. The second kappa shape index (κ2) is 6.70. The van der Waals surface area contributed by atoms with Crippen LogP contribution >= 0.6 is 50.3 Å². The number of aromatic hydroxyl groups is 1. The van der Waals surface area contributed by atoms with E-state index in [0.29, 0.717) is 20.5 Å². The van der Waals surface area contributed by atoms with Gasteiger partial charge in [0.15, 0.2) is 0 Å². The molecular weight excluding hydrogens is 469 g/mol. The zero-order chi connectivity index (χ0) is 15.7. The third kappa shape index (κ3) is 3.45. The molecule has 21 heavy (non-hydrogen) atoms. The van der Waals surface area contributed by atoms with Crippen LogP contribution in [0.2, 0.25) is 0 Å². The van der Waals surface area contributed by atoms with Crippen LogP contribution in [0.1, 0.15) is 25.8 Å². The van der Waals surface area contributed by atoms with E-state index in [0.717, 1.165) is 16.2 Å². The summed E-state index contributed by atoms with van der Waals surface area (Å²) in [7, 11) is 0. The van der Waals surface area contributed by atoms with Gasteiger partial charge in [0.25, 0.3) is 11.1 Å². The van der Waals surface area contributed by atoms with E-state index in [1.165, 1.54) is 4.90 Å². The van der Waals surface area contributed by atoms with Crippen LogP contribution in [0, 0.1) is 3.57 Å². The number of benzene rings is 1. The second-order valence-electron chi connectivity index (χ2n) is 4.63. The molecule has 1 fully saturated rings. The van der Waals surface area contributed by atoms with Crippen LogP contribution in [0.5, 0.6) is 5.75 Å². The minimum atomic E-state index is -0.297. The Morgan fingerprint density at radius 2 is 2.14 bits per heavy atom. The molecule has 1 aliphatic heterocycles. The summed E-state index contributed by atoms with van der Waals surface area (Å²) >= 11 is 6.28. The molecule has 2 rings (SSSR count). The lowest BCUT2D eigenvalue weighted by molar-refractivity contribution is -0.124. The molecule has 1 saturated heterocycles. The molecular formula is C14H13BrINO3S. The number of phenolic OH excluding ortho intramolecular Hbond substituents is 1. The summed E-state index contributed by atoms with van der Waals surface area (Å²) < 4.78 is 1.48. The number of hydrogen-bond acceptors (Lipinski definition) is 4. The van der Waals surface area contributed by atoms with Crippen molar-refractivity contribution in [3.05, 3.63) is 30.6 Å². The van der Waals surface area contributed by atoms with Gasteiger partial charge in [-0.15, -0.1) is 0 Å². The fourth-order valence-corrected chi connectivity index (χ4v) is 4.35. The van der Waals surface area contributed by atoms with E-state index in [4.69, 9.17) is 0 Å². The molecule has 0 aromatic heterocycles. The molecule has 4 nitrogen and oxygen atoms in total. The number of nitrogens with zero attached hydrogens (tertiary/aromatic N) is 1. The van der Waals surface area contributed by atoms with Gasteiger partial charge in [-0.1, -0.05) is 22.9 Å². The van der Waals surface area contributed by atoms with Crippen molar-refractivity contribution in [3.63, 3.8) is 0 Å². The van der Waals surface area contributed by atoms with Gasteiger partial charge in [-0.05, 0) is 65.9 Å². The molecule has 0 aliphatic carbocycles. The standard InChI is InChI=1S/C14H13BrINO3S/c1-3-7(2)17-13(19)11(21-14(17)20)5-8-4-9(15)6-10(16)12(8)18/h4-7,18H,3H2,1-2H3/b11-5-/t7-/m1/s1. The lowest BCUT2D eigenvalue weighted by Gasteiger charge is -2.19. The maximum absolute atomic E-state index is 12.3. The topological polar surface area (TPSA) is 57.6 Å². The predicted molar refractivity (Wildman–Crippen MR) is 96.1 cm³/mol. The third-order valence-electron chi connectivity index (χ3n) is 3.20. The second-order valence-corrected chi connectivity index (χ2v) is 7.71. The van der Waals surface area contributed by atoms with Crippen molar-refractivity contribution in [3.8, 4) is 5.75 Å². The van der Waals surface area contributed by atoms with Gasteiger partial charge in [-0.2, -0.15) is 0 Å². The molecule has 1 aromatic carbocycles. The van der Waals surface area contributed by atoms with Crippen molar-refractivity contribution in [1.29, 1.82) is 0 Å². The number of amides is 2. The van der Waals surface area contributed by atoms with Gasteiger partial charge < -0.3 is 5.11 Å². The fourth-order valence-electron chi connectivity index (χ4n) is 1.88. The first kappa shape index (κ1) is 16.8. The zero-order valence-electron chi connectivity index (χ0n) is 11.4. The first-order valence-corrected chi connectivity index (χ1v) is 8.99. The van der Waals surface area contributed by atoms with Crippen LogP contribution in [-0.4, -0.2) is 27.2 Å². The summed E-state index contributed by atoms with van der Waals surface area (Å²) in [6, 6.07) is 3.37. The molecule has 1 atom stereocenters. The monoisotopic (exact) mass is 481 g/mol. The Morgan fingerprint density at radius 3 is 2.76 bits per heavy atom. The first-order valence-electron chi connectivity index (χ1n) is 6.30. The van der Waals surface area contributed by atoms with E-state index in [9.17, 15) is 14.7 Å². The normalized spacial score (nSPS) is 18.7. The van der Waals surface area contributed by atoms with Crippen LogP contribution in [-0.2, 0) is 4.79 Å². The number of phenols is 1. The van der Waals surface area contributed by atoms with E-state index in [1.54, 1.807) is 18.2 Å². The largest absolute Gasteiger partial charge is 0.506 e. The number of carbonyl (C=O) groups excluding carboxylic acids is 2. The summed E-state index contributed by atoms with van der Waals surface area (Å²) in [5, 5.41) is 9.80. The smallest absolute Gasteiger partial charge is 0.293 e. The number of rotatable bonds is 3. The van der Waals surface area contributed by atoms with E-state index >= 15 is 0 Å². The molecule has 1 N–H and O–H groups in total. The van der Waals surface area contributed by atoms with Crippen molar-refractivity contribution in [2.45, 2.75) is 26.3 Å². The van der Waals surface area contributed by atoms with Crippen molar-refractivity contribution >= 4 is 67.5 Å². The maximum Gasteiger partial charge on any atom is 0.293 e. The van der Waals surface area contributed by atoms with Crippen molar-refractivity contribution in [2.24, 2.45) is 0 Å².